The van der Waals surface area contributed by atoms with Crippen molar-refractivity contribution in [2.45, 2.75) is 0 Å². The first-order valence-electron chi connectivity index (χ1n) is 17.7. The molecule has 0 amide bonds. The van der Waals surface area contributed by atoms with Crippen LogP contribution in [0.15, 0.2) is 188 Å². The number of rotatable bonds is 6. The molecule has 5 heteroatoms. The molecular weight excluding hydrogens is 647 g/mol. The number of para-hydroxylation sites is 1. The molecule has 0 bridgehead atoms. The van der Waals surface area contributed by atoms with Crippen molar-refractivity contribution in [3.63, 3.8) is 0 Å². The summed E-state index contributed by atoms with van der Waals surface area (Å²) in [4.78, 5) is 20.6. The molecule has 0 fully saturated rings. The highest BCUT2D eigenvalue weighted by atomic mass is 15.0. The van der Waals surface area contributed by atoms with E-state index in [0.29, 0.717) is 5.82 Å². The standard InChI is InChI=1S/C48H31N5/c1-3-13-32(14-4-1)36-17-11-19-38(29-36)42-31-43(39-20-12-18-37(30-39)33-15-5-2-6-16-33)51-48(50-42)35-26-24-34(25-27-35)45-47-46(40-21-7-8-22-41(40)49-45)52-44-23-9-10-28-53(44)47/h1-31H. The van der Waals surface area contributed by atoms with Gasteiger partial charge in [-0.3, -0.25) is 4.40 Å². The Kier molecular flexibility index (Phi) is 7.40. The van der Waals surface area contributed by atoms with E-state index in [9.17, 15) is 0 Å². The molecule has 6 aromatic carbocycles. The van der Waals surface area contributed by atoms with Gasteiger partial charge in [0.05, 0.1) is 28.1 Å². The molecule has 248 valence electrons. The second-order valence-electron chi connectivity index (χ2n) is 13.1. The van der Waals surface area contributed by atoms with Crippen molar-refractivity contribution in [3.05, 3.63) is 188 Å². The van der Waals surface area contributed by atoms with Gasteiger partial charge in [-0.15, -0.1) is 0 Å². The summed E-state index contributed by atoms with van der Waals surface area (Å²) in [7, 11) is 0. The van der Waals surface area contributed by atoms with Gasteiger partial charge in [0.2, 0.25) is 0 Å². The normalized spacial score (nSPS) is 11.4. The molecule has 4 aromatic heterocycles. The van der Waals surface area contributed by atoms with Crippen LogP contribution in [-0.4, -0.2) is 24.3 Å². The summed E-state index contributed by atoms with van der Waals surface area (Å²) in [6, 6.07) is 62.9. The number of hydrogen-bond acceptors (Lipinski definition) is 4. The SMILES string of the molecule is c1ccc(-c2cccc(-c3cc(-c4cccc(-c5ccccc5)c4)nc(-c4ccc(-c5nc6ccccc6c6nc7ccccn7c56)cc4)n3)c2)cc1. The van der Waals surface area contributed by atoms with E-state index in [-0.39, 0.29) is 0 Å². The number of pyridine rings is 2. The maximum atomic E-state index is 5.20. The van der Waals surface area contributed by atoms with Gasteiger partial charge >= 0.3 is 0 Å². The van der Waals surface area contributed by atoms with Gasteiger partial charge < -0.3 is 0 Å². The number of nitrogens with zero attached hydrogens (tertiary/aromatic N) is 5. The molecule has 0 radical (unpaired) electrons. The Hall–Kier alpha value is -7.24. The Morgan fingerprint density at radius 2 is 0.906 bits per heavy atom. The van der Waals surface area contributed by atoms with Crippen LogP contribution in [0.2, 0.25) is 0 Å². The molecule has 0 atom stereocenters. The molecule has 0 N–H and O–H groups in total. The molecule has 0 aliphatic heterocycles. The van der Waals surface area contributed by atoms with E-state index in [2.05, 4.69) is 150 Å². The van der Waals surface area contributed by atoms with Crippen molar-refractivity contribution in [2.75, 3.05) is 0 Å². The van der Waals surface area contributed by atoms with Gasteiger partial charge in [-0.1, -0.05) is 146 Å². The first kappa shape index (κ1) is 30.6. The minimum absolute atomic E-state index is 0.658. The largest absolute Gasteiger partial charge is 0.298 e. The Bertz CT molecular complexity index is 2830. The fourth-order valence-electron chi connectivity index (χ4n) is 7.18. The molecule has 0 saturated heterocycles. The molecule has 0 aliphatic carbocycles. The number of benzene rings is 6. The lowest BCUT2D eigenvalue weighted by Gasteiger charge is -2.12. The van der Waals surface area contributed by atoms with Crippen molar-refractivity contribution in [2.24, 2.45) is 0 Å². The van der Waals surface area contributed by atoms with E-state index in [1.165, 1.54) is 0 Å². The average Bonchev–Trinajstić information content (AvgIpc) is 3.64. The van der Waals surface area contributed by atoms with Crippen LogP contribution in [0.5, 0.6) is 0 Å². The smallest absolute Gasteiger partial charge is 0.160 e. The van der Waals surface area contributed by atoms with Gasteiger partial charge in [-0.25, -0.2) is 19.9 Å². The van der Waals surface area contributed by atoms with Crippen molar-refractivity contribution in [3.8, 4) is 67.4 Å². The van der Waals surface area contributed by atoms with E-state index in [4.69, 9.17) is 19.9 Å². The zero-order valence-electron chi connectivity index (χ0n) is 28.6. The van der Waals surface area contributed by atoms with Crippen LogP contribution >= 0.6 is 0 Å². The third-order valence-electron chi connectivity index (χ3n) is 9.82. The first-order valence-corrected chi connectivity index (χ1v) is 17.7. The molecule has 0 aliphatic rings. The lowest BCUT2D eigenvalue weighted by atomic mass is 9.99. The lowest BCUT2D eigenvalue weighted by Crippen LogP contribution is -1.97. The van der Waals surface area contributed by atoms with Crippen molar-refractivity contribution < 1.29 is 0 Å². The molecule has 0 spiro atoms. The molecule has 0 saturated carbocycles. The van der Waals surface area contributed by atoms with Gasteiger partial charge in [0.1, 0.15) is 11.2 Å². The van der Waals surface area contributed by atoms with Crippen LogP contribution < -0.4 is 0 Å². The summed E-state index contributed by atoms with van der Waals surface area (Å²) in [6.45, 7) is 0. The Morgan fingerprint density at radius 3 is 1.57 bits per heavy atom. The Labute approximate surface area is 306 Å². The lowest BCUT2D eigenvalue weighted by molar-refractivity contribution is 1.18. The van der Waals surface area contributed by atoms with Gasteiger partial charge in [-0.2, -0.15) is 0 Å². The molecule has 10 aromatic rings. The highest BCUT2D eigenvalue weighted by Crippen LogP contribution is 2.35. The number of fused-ring (bicyclic) bond motifs is 5. The third kappa shape index (κ3) is 5.61. The van der Waals surface area contributed by atoms with E-state index in [0.717, 1.165) is 89.2 Å². The second-order valence-corrected chi connectivity index (χ2v) is 13.1. The van der Waals surface area contributed by atoms with Crippen LogP contribution in [-0.2, 0) is 0 Å². The monoisotopic (exact) mass is 677 g/mol. The summed E-state index contributed by atoms with van der Waals surface area (Å²) < 4.78 is 2.13. The number of aromatic nitrogens is 5. The van der Waals surface area contributed by atoms with Crippen LogP contribution in [0.4, 0.5) is 0 Å². The van der Waals surface area contributed by atoms with E-state index >= 15 is 0 Å². The summed E-state index contributed by atoms with van der Waals surface area (Å²) in [6.07, 6.45) is 2.05. The highest BCUT2D eigenvalue weighted by molar-refractivity contribution is 6.09. The summed E-state index contributed by atoms with van der Waals surface area (Å²) in [5.41, 5.74) is 14.9. The van der Waals surface area contributed by atoms with Crippen LogP contribution in [0.1, 0.15) is 0 Å². The quantitative estimate of drug-likeness (QED) is 0.176. The molecular formula is C48H31N5. The maximum Gasteiger partial charge on any atom is 0.160 e. The predicted molar refractivity (Wildman–Crippen MR) is 216 cm³/mol. The first-order chi connectivity index (χ1) is 26.2. The van der Waals surface area contributed by atoms with Gasteiger partial charge in [0.25, 0.3) is 0 Å². The minimum Gasteiger partial charge on any atom is -0.298 e. The van der Waals surface area contributed by atoms with Gasteiger partial charge in [-0.05, 0) is 58.7 Å². The fourth-order valence-corrected chi connectivity index (χ4v) is 7.18. The molecule has 10 rings (SSSR count). The van der Waals surface area contributed by atoms with Crippen LogP contribution in [0, 0.1) is 0 Å². The predicted octanol–water partition coefficient (Wildman–Crippen LogP) is 11.8. The van der Waals surface area contributed by atoms with Crippen molar-refractivity contribution in [1.29, 1.82) is 0 Å². The topological polar surface area (TPSA) is 56.0 Å². The van der Waals surface area contributed by atoms with Crippen molar-refractivity contribution >= 4 is 27.6 Å². The maximum absolute atomic E-state index is 5.20. The third-order valence-corrected chi connectivity index (χ3v) is 9.82. The summed E-state index contributed by atoms with van der Waals surface area (Å²) >= 11 is 0. The minimum atomic E-state index is 0.658. The second kappa shape index (κ2) is 12.8. The summed E-state index contributed by atoms with van der Waals surface area (Å²) in [5, 5.41) is 1.04. The zero-order valence-corrected chi connectivity index (χ0v) is 28.6. The average molecular weight is 678 g/mol. The number of hydrogen-bond donors (Lipinski definition) is 0. The van der Waals surface area contributed by atoms with Crippen molar-refractivity contribution in [1.82, 2.24) is 24.3 Å². The van der Waals surface area contributed by atoms with Gasteiger partial charge in [0.15, 0.2) is 5.82 Å². The van der Waals surface area contributed by atoms with Gasteiger partial charge in [0, 0.05) is 33.8 Å². The Morgan fingerprint density at radius 1 is 0.358 bits per heavy atom. The zero-order chi connectivity index (χ0) is 35.1. The Balaban J connectivity index is 1.12. The van der Waals surface area contributed by atoms with E-state index in [1.807, 2.05) is 42.5 Å². The van der Waals surface area contributed by atoms with E-state index < -0.39 is 0 Å². The van der Waals surface area contributed by atoms with E-state index in [1.54, 1.807) is 0 Å². The highest BCUT2D eigenvalue weighted by Gasteiger charge is 2.17. The fraction of sp³-hybridized carbons (Fsp3) is 0. The summed E-state index contributed by atoms with van der Waals surface area (Å²) in [5.74, 6) is 0.658. The molecule has 5 nitrogen and oxygen atoms in total. The van der Waals surface area contributed by atoms with Crippen LogP contribution in [0.3, 0.4) is 0 Å². The van der Waals surface area contributed by atoms with Crippen LogP contribution in [0.25, 0.3) is 95.0 Å². The number of imidazole rings is 1. The molecule has 4 heterocycles. The molecule has 0 unspecified atom stereocenters. The molecule has 53 heavy (non-hydrogen) atoms.